The Morgan fingerprint density at radius 2 is 1.91 bits per heavy atom. The minimum Gasteiger partial charge on any atom is -0.294 e. The van der Waals surface area contributed by atoms with E-state index in [0.29, 0.717) is 11.4 Å². The summed E-state index contributed by atoms with van der Waals surface area (Å²) in [7, 11) is 0. The third-order valence-corrected chi connectivity index (χ3v) is 4.92. The molecule has 0 fully saturated rings. The fourth-order valence-corrected chi connectivity index (χ4v) is 3.77. The molecule has 0 saturated heterocycles. The number of ketones is 1. The second kappa shape index (κ2) is 5.62. The quantitative estimate of drug-likeness (QED) is 0.752. The first-order valence-electron chi connectivity index (χ1n) is 7.79. The lowest BCUT2D eigenvalue weighted by Crippen LogP contribution is -2.35. The molecule has 1 aromatic rings. The minimum absolute atomic E-state index is 0.0796. The zero-order valence-corrected chi connectivity index (χ0v) is 14.3. The van der Waals surface area contributed by atoms with Crippen molar-refractivity contribution in [1.82, 2.24) is 0 Å². The van der Waals surface area contributed by atoms with Crippen LogP contribution in [0, 0.1) is 22.7 Å². The van der Waals surface area contributed by atoms with Gasteiger partial charge in [-0.2, -0.15) is 5.26 Å². The number of aliphatic imine (C=N–C) groups is 1. The van der Waals surface area contributed by atoms with Gasteiger partial charge in [-0.3, -0.25) is 9.79 Å². The Morgan fingerprint density at radius 3 is 2.52 bits per heavy atom. The van der Waals surface area contributed by atoms with Gasteiger partial charge in [-0.05, 0) is 36.5 Å². The van der Waals surface area contributed by atoms with Gasteiger partial charge in [-0.25, -0.2) is 0 Å². The smallest absolute Gasteiger partial charge is 0.161 e. The standard InChI is InChI=1S/C19H19ClN2O/c1-11-14(10-21)17(12-4-6-13(20)7-5-12)18-15(22-11)8-19(2,3)9-16(18)23/h4-7,14,17H,8-9H2,1-3H3. The van der Waals surface area contributed by atoms with Gasteiger partial charge in [-0.1, -0.05) is 37.6 Å². The molecule has 0 bridgehead atoms. The number of nitriles is 1. The fraction of sp³-hybridized carbons (Fsp3) is 0.421. The zero-order chi connectivity index (χ0) is 16.8. The van der Waals surface area contributed by atoms with E-state index in [4.69, 9.17) is 11.6 Å². The highest BCUT2D eigenvalue weighted by atomic mass is 35.5. The van der Waals surface area contributed by atoms with Crippen molar-refractivity contribution in [3.63, 3.8) is 0 Å². The molecular weight excluding hydrogens is 308 g/mol. The Bertz CT molecular complexity index is 766. The topological polar surface area (TPSA) is 53.2 Å². The Morgan fingerprint density at radius 1 is 1.26 bits per heavy atom. The van der Waals surface area contributed by atoms with Crippen LogP contribution >= 0.6 is 11.6 Å². The van der Waals surface area contributed by atoms with Crippen LogP contribution in [0.4, 0.5) is 0 Å². The molecule has 2 aliphatic rings. The first-order chi connectivity index (χ1) is 10.8. The number of rotatable bonds is 1. The van der Waals surface area contributed by atoms with E-state index in [9.17, 15) is 10.1 Å². The van der Waals surface area contributed by atoms with Crippen LogP contribution in [0.15, 0.2) is 40.5 Å². The molecule has 118 valence electrons. The summed E-state index contributed by atoms with van der Waals surface area (Å²) in [5.41, 5.74) is 3.25. The average Bonchev–Trinajstić information content (AvgIpc) is 2.45. The van der Waals surface area contributed by atoms with E-state index in [1.807, 2.05) is 31.2 Å². The van der Waals surface area contributed by atoms with E-state index in [1.54, 1.807) is 0 Å². The number of benzene rings is 1. The van der Waals surface area contributed by atoms with E-state index < -0.39 is 5.92 Å². The zero-order valence-electron chi connectivity index (χ0n) is 13.6. The number of Topliss-reactive ketones (excluding diaryl/α,β-unsaturated/α-hetero) is 1. The maximum atomic E-state index is 12.8. The van der Waals surface area contributed by atoms with Gasteiger partial charge >= 0.3 is 0 Å². The molecule has 0 amide bonds. The lowest BCUT2D eigenvalue weighted by Gasteiger charge is -2.37. The number of nitrogens with zero attached hydrogens (tertiary/aromatic N) is 2. The summed E-state index contributed by atoms with van der Waals surface area (Å²) in [6.45, 7) is 6.06. The Hall–Kier alpha value is -1.92. The number of allylic oxidation sites excluding steroid dienone is 2. The van der Waals surface area contributed by atoms with Crippen LogP contribution in [0.5, 0.6) is 0 Å². The van der Waals surface area contributed by atoms with Crippen LogP contribution in [-0.4, -0.2) is 11.5 Å². The third-order valence-electron chi connectivity index (χ3n) is 4.67. The molecule has 0 aromatic heterocycles. The van der Waals surface area contributed by atoms with Crippen molar-refractivity contribution in [3.8, 4) is 6.07 Å². The van der Waals surface area contributed by atoms with Crippen molar-refractivity contribution in [2.75, 3.05) is 0 Å². The highest BCUT2D eigenvalue weighted by Gasteiger charge is 2.42. The molecule has 4 heteroatoms. The summed E-state index contributed by atoms with van der Waals surface area (Å²) < 4.78 is 0. The van der Waals surface area contributed by atoms with Crippen molar-refractivity contribution < 1.29 is 4.79 Å². The average molecular weight is 327 g/mol. The molecule has 2 atom stereocenters. The molecule has 0 radical (unpaired) electrons. The van der Waals surface area contributed by atoms with E-state index >= 15 is 0 Å². The SMILES string of the molecule is CC1=NC2=C(C(=O)CC(C)(C)C2)C(c2ccc(Cl)cc2)C1C#N. The Balaban J connectivity index is 2.17. The summed E-state index contributed by atoms with van der Waals surface area (Å²) in [6.07, 6.45) is 1.27. The van der Waals surface area contributed by atoms with Gasteiger partial charge < -0.3 is 0 Å². The molecule has 1 aromatic carbocycles. The third kappa shape index (κ3) is 2.84. The largest absolute Gasteiger partial charge is 0.294 e. The fourth-order valence-electron chi connectivity index (χ4n) is 3.64. The molecule has 1 heterocycles. The van der Waals surface area contributed by atoms with Crippen LogP contribution in [-0.2, 0) is 4.79 Å². The maximum absolute atomic E-state index is 12.8. The normalized spacial score (nSPS) is 26.4. The monoisotopic (exact) mass is 326 g/mol. The molecule has 3 nitrogen and oxygen atoms in total. The summed E-state index contributed by atoms with van der Waals surface area (Å²) >= 11 is 5.99. The highest BCUT2D eigenvalue weighted by molar-refractivity contribution is 6.30. The minimum atomic E-state index is -0.403. The van der Waals surface area contributed by atoms with E-state index in [2.05, 4.69) is 24.9 Å². The van der Waals surface area contributed by atoms with Crippen LogP contribution < -0.4 is 0 Å². The van der Waals surface area contributed by atoms with Gasteiger partial charge in [0.2, 0.25) is 0 Å². The second-order valence-electron chi connectivity index (χ2n) is 7.19. The van der Waals surface area contributed by atoms with Crippen molar-refractivity contribution in [2.24, 2.45) is 16.3 Å². The number of hydrogen-bond acceptors (Lipinski definition) is 3. The number of carbonyl (C=O) groups is 1. The molecule has 0 N–H and O–H groups in total. The highest BCUT2D eigenvalue weighted by Crippen LogP contribution is 2.47. The summed E-state index contributed by atoms with van der Waals surface area (Å²) in [5, 5.41) is 10.3. The first-order valence-corrected chi connectivity index (χ1v) is 8.17. The van der Waals surface area contributed by atoms with Crippen molar-refractivity contribution in [3.05, 3.63) is 46.1 Å². The van der Waals surface area contributed by atoms with Gasteiger partial charge in [-0.15, -0.1) is 0 Å². The van der Waals surface area contributed by atoms with Gasteiger partial charge in [0.05, 0.1) is 12.0 Å². The number of carbonyl (C=O) groups excluding carboxylic acids is 1. The second-order valence-corrected chi connectivity index (χ2v) is 7.63. The predicted molar refractivity (Wildman–Crippen MR) is 91.5 cm³/mol. The molecule has 0 spiro atoms. The number of halogens is 1. The first kappa shape index (κ1) is 16.0. The molecule has 1 aliphatic carbocycles. The molecule has 1 aliphatic heterocycles. The molecule has 23 heavy (non-hydrogen) atoms. The summed E-state index contributed by atoms with van der Waals surface area (Å²) in [4.78, 5) is 17.4. The van der Waals surface area contributed by atoms with Crippen molar-refractivity contribution >= 4 is 23.1 Å². The lowest BCUT2D eigenvalue weighted by atomic mass is 9.67. The van der Waals surface area contributed by atoms with Gasteiger partial charge in [0.25, 0.3) is 0 Å². The van der Waals surface area contributed by atoms with Crippen LogP contribution in [0.3, 0.4) is 0 Å². The van der Waals surface area contributed by atoms with Crippen molar-refractivity contribution in [1.29, 1.82) is 5.26 Å². The van der Waals surface area contributed by atoms with Crippen LogP contribution in [0.25, 0.3) is 0 Å². The van der Waals surface area contributed by atoms with Crippen molar-refractivity contribution in [2.45, 2.75) is 39.5 Å². The van der Waals surface area contributed by atoms with E-state index in [-0.39, 0.29) is 17.1 Å². The summed E-state index contributed by atoms with van der Waals surface area (Å²) in [5.74, 6) is -0.527. The summed E-state index contributed by atoms with van der Waals surface area (Å²) in [6, 6.07) is 9.78. The maximum Gasteiger partial charge on any atom is 0.161 e. The van der Waals surface area contributed by atoms with E-state index in [1.165, 1.54) is 0 Å². The molecule has 3 rings (SSSR count). The van der Waals surface area contributed by atoms with Crippen LogP contribution in [0.1, 0.15) is 45.1 Å². The predicted octanol–water partition coefficient (Wildman–Crippen LogP) is 4.68. The molecule has 0 saturated carbocycles. The van der Waals surface area contributed by atoms with E-state index in [0.717, 1.165) is 29.0 Å². The molecule has 2 unspecified atom stereocenters. The number of hydrogen-bond donors (Lipinski definition) is 0. The molecular formula is C19H19ClN2O. The van der Waals surface area contributed by atoms with Crippen LogP contribution in [0.2, 0.25) is 5.02 Å². The lowest BCUT2D eigenvalue weighted by molar-refractivity contribution is -0.118. The van der Waals surface area contributed by atoms with Gasteiger partial charge in [0.15, 0.2) is 5.78 Å². The van der Waals surface area contributed by atoms with Gasteiger partial charge in [0, 0.05) is 34.3 Å². The Kier molecular flexibility index (Phi) is 3.90. The van der Waals surface area contributed by atoms with Gasteiger partial charge in [0.1, 0.15) is 0 Å². The Labute approximate surface area is 141 Å².